The molecular weight excluding hydrogens is 330 g/mol. The molecule has 0 bridgehead atoms. The molecule has 0 saturated carbocycles. The minimum Gasteiger partial charge on any atom is -0.338 e. The van der Waals surface area contributed by atoms with E-state index >= 15 is 0 Å². The summed E-state index contributed by atoms with van der Waals surface area (Å²) in [5, 5.41) is 13.6. The number of para-hydroxylation sites is 1. The van der Waals surface area contributed by atoms with Crippen LogP contribution in [0, 0.1) is 0 Å². The monoisotopic (exact) mass is 353 g/mol. The second kappa shape index (κ2) is 6.53. The molecule has 1 aromatic carbocycles. The van der Waals surface area contributed by atoms with Crippen molar-refractivity contribution < 1.29 is 4.79 Å². The molecule has 1 amide bonds. The number of nitrogens with zero attached hydrogens (tertiary/aromatic N) is 7. The smallest absolute Gasteiger partial charge is 0.228 e. The van der Waals surface area contributed by atoms with Crippen LogP contribution in [0.15, 0.2) is 36.7 Å². The number of likely N-dealkylation sites (N-methyl/N-ethyl adjacent to an activating group) is 1. The predicted molar refractivity (Wildman–Crippen MR) is 97.5 cm³/mol. The third-order valence-corrected chi connectivity index (χ3v) is 5.21. The van der Waals surface area contributed by atoms with E-state index < -0.39 is 0 Å². The number of hydrogen-bond acceptors (Lipinski definition) is 5. The van der Waals surface area contributed by atoms with Crippen molar-refractivity contribution in [3.05, 3.63) is 42.4 Å². The highest BCUT2D eigenvalue weighted by molar-refractivity contribution is 5.87. The number of aryl methyl sites for hydroxylation is 1. The molecule has 0 aliphatic carbocycles. The third kappa shape index (κ3) is 2.86. The zero-order chi connectivity index (χ0) is 18.3. The molecule has 0 radical (unpaired) electrons. The van der Waals surface area contributed by atoms with Crippen LogP contribution in [0.3, 0.4) is 0 Å². The number of amides is 1. The summed E-state index contributed by atoms with van der Waals surface area (Å²) in [5.41, 5.74) is 1.88. The SMILES string of the molecule is CN(C)[C@@H]1CN(C(=O)Cc2nn(C)c3ccccc23)C[C@@H]1n1ccnn1. The lowest BCUT2D eigenvalue weighted by Crippen LogP contribution is -2.37. The molecule has 1 saturated heterocycles. The molecule has 136 valence electrons. The first kappa shape index (κ1) is 16.7. The quantitative estimate of drug-likeness (QED) is 0.691. The highest BCUT2D eigenvalue weighted by Gasteiger charge is 2.38. The Morgan fingerprint density at radius 2 is 2.08 bits per heavy atom. The molecule has 1 aliphatic rings. The van der Waals surface area contributed by atoms with Crippen LogP contribution in [-0.4, -0.2) is 73.7 Å². The molecule has 8 nitrogen and oxygen atoms in total. The van der Waals surface area contributed by atoms with Gasteiger partial charge in [-0.05, 0) is 20.2 Å². The first-order chi connectivity index (χ1) is 12.5. The molecule has 0 N–H and O–H groups in total. The molecule has 26 heavy (non-hydrogen) atoms. The molecule has 2 aromatic heterocycles. The van der Waals surface area contributed by atoms with Gasteiger partial charge in [-0.1, -0.05) is 23.4 Å². The molecule has 1 aliphatic heterocycles. The minimum atomic E-state index is 0.100. The molecule has 0 unspecified atom stereocenters. The standard InChI is InChI=1S/C18H23N7O/c1-22(2)16-11-24(12-17(16)25-9-8-19-21-25)18(26)10-14-13-6-4-5-7-15(13)23(3)20-14/h4-9,16-17H,10-12H2,1-3H3/t16-,17+/m1/s1. The first-order valence-corrected chi connectivity index (χ1v) is 8.75. The molecule has 2 atom stereocenters. The fraction of sp³-hybridized carbons (Fsp3) is 0.444. The van der Waals surface area contributed by atoms with E-state index in [0.717, 1.165) is 16.6 Å². The normalized spacial score (nSPS) is 20.4. The van der Waals surface area contributed by atoms with Crippen molar-refractivity contribution in [1.29, 1.82) is 0 Å². The molecule has 1 fully saturated rings. The van der Waals surface area contributed by atoms with Crippen molar-refractivity contribution in [2.45, 2.75) is 18.5 Å². The minimum absolute atomic E-state index is 0.100. The average molecular weight is 353 g/mol. The number of fused-ring (bicyclic) bond motifs is 1. The van der Waals surface area contributed by atoms with Gasteiger partial charge in [0, 0.05) is 31.7 Å². The first-order valence-electron chi connectivity index (χ1n) is 8.75. The highest BCUT2D eigenvalue weighted by atomic mass is 16.2. The number of likely N-dealkylation sites (tertiary alicyclic amines) is 1. The molecule has 3 aromatic rings. The fourth-order valence-corrected chi connectivity index (χ4v) is 3.81. The predicted octanol–water partition coefficient (Wildman–Crippen LogP) is 0.721. The van der Waals surface area contributed by atoms with E-state index in [9.17, 15) is 4.79 Å². The number of hydrogen-bond donors (Lipinski definition) is 0. The summed E-state index contributed by atoms with van der Waals surface area (Å²) in [6.07, 6.45) is 3.85. The van der Waals surface area contributed by atoms with Crippen molar-refractivity contribution >= 4 is 16.8 Å². The van der Waals surface area contributed by atoms with Gasteiger partial charge >= 0.3 is 0 Å². The van der Waals surface area contributed by atoms with Gasteiger partial charge in [0.05, 0.1) is 35.9 Å². The molecule has 4 rings (SSSR count). The summed E-state index contributed by atoms with van der Waals surface area (Å²) in [6.45, 7) is 1.32. The Labute approximate surface area is 152 Å². The lowest BCUT2D eigenvalue weighted by Gasteiger charge is -2.24. The summed E-state index contributed by atoms with van der Waals surface area (Å²) in [7, 11) is 5.98. The maximum atomic E-state index is 13.0. The van der Waals surface area contributed by atoms with Gasteiger partial charge in [-0.15, -0.1) is 5.10 Å². The van der Waals surface area contributed by atoms with E-state index in [1.54, 1.807) is 6.20 Å². The summed E-state index contributed by atoms with van der Waals surface area (Å²) in [4.78, 5) is 17.0. The van der Waals surface area contributed by atoms with E-state index in [0.29, 0.717) is 19.5 Å². The van der Waals surface area contributed by atoms with Crippen molar-refractivity contribution in [1.82, 2.24) is 34.6 Å². The lowest BCUT2D eigenvalue weighted by atomic mass is 10.1. The number of aromatic nitrogens is 5. The van der Waals surface area contributed by atoms with E-state index in [1.807, 2.05) is 65.9 Å². The lowest BCUT2D eigenvalue weighted by molar-refractivity contribution is -0.129. The van der Waals surface area contributed by atoms with Gasteiger partial charge in [0.15, 0.2) is 0 Å². The van der Waals surface area contributed by atoms with Gasteiger partial charge in [0.2, 0.25) is 5.91 Å². The van der Waals surface area contributed by atoms with Crippen LogP contribution in [0.2, 0.25) is 0 Å². The largest absolute Gasteiger partial charge is 0.338 e. The Balaban J connectivity index is 1.55. The summed E-state index contributed by atoms with van der Waals surface area (Å²) in [6, 6.07) is 8.33. The van der Waals surface area contributed by atoms with E-state index in [1.165, 1.54) is 0 Å². The fourth-order valence-electron chi connectivity index (χ4n) is 3.81. The second-order valence-corrected chi connectivity index (χ2v) is 7.04. The van der Waals surface area contributed by atoms with Crippen molar-refractivity contribution in [2.75, 3.05) is 27.2 Å². The highest BCUT2D eigenvalue weighted by Crippen LogP contribution is 2.26. The van der Waals surface area contributed by atoms with Crippen molar-refractivity contribution in [3.63, 3.8) is 0 Å². The van der Waals surface area contributed by atoms with Crippen LogP contribution in [0.5, 0.6) is 0 Å². The zero-order valence-electron chi connectivity index (χ0n) is 15.3. The van der Waals surface area contributed by atoms with E-state index in [-0.39, 0.29) is 18.0 Å². The van der Waals surface area contributed by atoms with Gasteiger partial charge in [0.1, 0.15) is 0 Å². The number of rotatable bonds is 4. The Kier molecular flexibility index (Phi) is 4.20. The van der Waals surface area contributed by atoms with Crippen LogP contribution in [-0.2, 0) is 18.3 Å². The Morgan fingerprint density at radius 3 is 2.81 bits per heavy atom. The molecule has 3 heterocycles. The van der Waals surface area contributed by atoms with Gasteiger partial charge < -0.3 is 9.80 Å². The average Bonchev–Trinajstić information content (AvgIpc) is 3.34. The van der Waals surface area contributed by atoms with E-state index in [2.05, 4.69) is 20.3 Å². The van der Waals surface area contributed by atoms with Crippen molar-refractivity contribution in [2.24, 2.45) is 7.05 Å². The van der Waals surface area contributed by atoms with Gasteiger partial charge in [-0.3, -0.25) is 9.48 Å². The van der Waals surface area contributed by atoms with Gasteiger partial charge in [0.25, 0.3) is 0 Å². The van der Waals surface area contributed by atoms with Crippen LogP contribution in [0.25, 0.3) is 10.9 Å². The topological polar surface area (TPSA) is 72.1 Å². The molecule has 0 spiro atoms. The second-order valence-electron chi connectivity index (χ2n) is 7.04. The van der Waals surface area contributed by atoms with E-state index in [4.69, 9.17) is 0 Å². The van der Waals surface area contributed by atoms with Crippen LogP contribution in [0.4, 0.5) is 0 Å². The van der Waals surface area contributed by atoms with Crippen LogP contribution >= 0.6 is 0 Å². The van der Waals surface area contributed by atoms with Gasteiger partial charge in [-0.25, -0.2) is 4.68 Å². The van der Waals surface area contributed by atoms with Gasteiger partial charge in [-0.2, -0.15) is 5.10 Å². The van der Waals surface area contributed by atoms with Crippen LogP contribution in [0.1, 0.15) is 11.7 Å². The number of carbonyl (C=O) groups is 1. The number of carbonyl (C=O) groups excluding carboxylic acids is 1. The summed E-state index contributed by atoms with van der Waals surface area (Å²) >= 11 is 0. The zero-order valence-corrected chi connectivity index (χ0v) is 15.3. The Morgan fingerprint density at radius 1 is 1.27 bits per heavy atom. The number of benzene rings is 1. The third-order valence-electron chi connectivity index (χ3n) is 5.21. The molecular formula is C18H23N7O. The van der Waals surface area contributed by atoms with Crippen molar-refractivity contribution in [3.8, 4) is 0 Å². The summed E-state index contributed by atoms with van der Waals surface area (Å²) in [5.74, 6) is 0.100. The Bertz CT molecular complexity index is 915. The summed E-state index contributed by atoms with van der Waals surface area (Å²) < 4.78 is 3.69. The maximum absolute atomic E-state index is 13.0. The molecule has 8 heteroatoms. The maximum Gasteiger partial charge on any atom is 0.228 e. The Hall–Kier alpha value is -2.74. The van der Waals surface area contributed by atoms with Crippen LogP contribution < -0.4 is 0 Å².